The molecule has 0 saturated heterocycles. The molecule has 0 N–H and O–H groups in total. The molecule has 0 atom stereocenters. The minimum absolute atomic E-state index is 0.312. The Morgan fingerprint density at radius 1 is 1.15 bits per heavy atom. The predicted octanol–water partition coefficient (Wildman–Crippen LogP) is 4.09. The van der Waals surface area contributed by atoms with Crippen LogP contribution in [0.3, 0.4) is 0 Å². The molecule has 0 unspecified atom stereocenters. The first-order valence-electron chi connectivity index (χ1n) is 6.20. The molecule has 2 rings (SSSR count). The summed E-state index contributed by atoms with van der Waals surface area (Å²) in [6.07, 6.45) is 0. The summed E-state index contributed by atoms with van der Waals surface area (Å²) in [4.78, 5) is 2.05. The van der Waals surface area contributed by atoms with E-state index in [9.17, 15) is 4.39 Å². The summed E-state index contributed by atoms with van der Waals surface area (Å²) in [5.41, 5.74) is 2.39. The van der Waals surface area contributed by atoms with E-state index in [4.69, 9.17) is 5.26 Å². The predicted molar refractivity (Wildman–Crippen MR) is 80.4 cm³/mol. The minimum atomic E-state index is -0.312. The molecule has 2 nitrogen and oxygen atoms in total. The smallest absolute Gasteiger partial charge is 0.123 e. The van der Waals surface area contributed by atoms with Gasteiger partial charge in [0.05, 0.1) is 11.6 Å². The van der Waals surface area contributed by atoms with Crippen LogP contribution in [0, 0.1) is 17.1 Å². The maximum atomic E-state index is 13.3. The van der Waals surface area contributed by atoms with Gasteiger partial charge in [-0.2, -0.15) is 5.26 Å². The van der Waals surface area contributed by atoms with Gasteiger partial charge in [-0.25, -0.2) is 4.39 Å². The van der Waals surface area contributed by atoms with Gasteiger partial charge in [0.25, 0.3) is 0 Å². The molecule has 0 aromatic heterocycles. The lowest BCUT2D eigenvalue weighted by Crippen LogP contribution is -2.18. The van der Waals surface area contributed by atoms with Crippen LogP contribution in [0.4, 0.5) is 4.39 Å². The van der Waals surface area contributed by atoms with Gasteiger partial charge in [0, 0.05) is 17.6 Å². The Balaban J connectivity index is 2.13. The minimum Gasteiger partial charge on any atom is -0.298 e. The monoisotopic (exact) mass is 332 g/mol. The lowest BCUT2D eigenvalue weighted by Gasteiger charge is -2.18. The molecule has 0 bridgehead atoms. The Kier molecular flexibility index (Phi) is 4.89. The van der Waals surface area contributed by atoms with Crippen molar-refractivity contribution in [3.05, 3.63) is 69.4 Å². The number of nitrogens with zero attached hydrogens (tertiary/aromatic N) is 2. The van der Waals surface area contributed by atoms with Gasteiger partial charge < -0.3 is 0 Å². The zero-order chi connectivity index (χ0) is 14.5. The van der Waals surface area contributed by atoms with E-state index in [0.717, 1.165) is 16.6 Å². The summed E-state index contributed by atoms with van der Waals surface area (Å²) in [5.74, 6) is -0.312. The summed E-state index contributed by atoms with van der Waals surface area (Å²) in [7, 11) is 1.95. The lowest BCUT2D eigenvalue weighted by molar-refractivity contribution is 0.317. The van der Waals surface area contributed by atoms with Gasteiger partial charge in [-0.15, -0.1) is 0 Å². The fraction of sp³-hybridized carbons (Fsp3) is 0.188. The van der Waals surface area contributed by atoms with Crippen molar-refractivity contribution in [2.75, 3.05) is 7.05 Å². The highest BCUT2D eigenvalue weighted by Gasteiger charge is 2.09. The average Bonchev–Trinajstić information content (AvgIpc) is 2.41. The molecule has 0 radical (unpaired) electrons. The molecule has 0 spiro atoms. The van der Waals surface area contributed by atoms with E-state index in [1.54, 1.807) is 0 Å². The molecule has 0 fully saturated rings. The molecule has 2 aromatic rings. The van der Waals surface area contributed by atoms with Crippen LogP contribution >= 0.6 is 15.9 Å². The summed E-state index contributed by atoms with van der Waals surface area (Å²) < 4.78 is 14.3. The average molecular weight is 333 g/mol. The summed E-state index contributed by atoms with van der Waals surface area (Å²) in [5, 5.41) is 9.06. The van der Waals surface area contributed by atoms with Gasteiger partial charge in [0.1, 0.15) is 5.82 Å². The van der Waals surface area contributed by atoms with Crippen molar-refractivity contribution >= 4 is 15.9 Å². The largest absolute Gasteiger partial charge is 0.298 e. The van der Waals surface area contributed by atoms with E-state index in [2.05, 4.69) is 26.9 Å². The number of rotatable bonds is 4. The van der Waals surface area contributed by atoms with Crippen molar-refractivity contribution in [1.29, 1.82) is 5.26 Å². The van der Waals surface area contributed by atoms with E-state index in [1.165, 1.54) is 18.2 Å². The van der Waals surface area contributed by atoms with Crippen LogP contribution in [-0.2, 0) is 13.1 Å². The van der Waals surface area contributed by atoms with Crippen molar-refractivity contribution in [3.8, 4) is 6.07 Å². The van der Waals surface area contributed by atoms with Gasteiger partial charge in [0.15, 0.2) is 0 Å². The summed E-state index contributed by atoms with van der Waals surface area (Å²) >= 11 is 3.51. The van der Waals surface area contributed by atoms with Crippen LogP contribution in [0.5, 0.6) is 0 Å². The molecule has 20 heavy (non-hydrogen) atoms. The molecule has 0 aliphatic rings. The topological polar surface area (TPSA) is 27.0 Å². The molecule has 0 aliphatic heterocycles. The molecular weight excluding hydrogens is 319 g/mol. The Morgan fingerprint density at radius 3 is 2.55 bits per heavy atom. The number of hydrogen-bond donors (Lipinski definition) is 0. The van der Waals surface area contributed by atoms with E-state index in [-0.39, 0.29) is 5.82 Å². The summed E-state index contributed by atoms with van der Waals surface area (Å²) in [6, 6.07) is 14.3. The second kappa shape index (κ2) is 6.65. The van der Waals surface area contributed by atoms with E-state index in [1.807, 2.05) is 31.3 Å². The first kappa shape index (κ1) is 14.7. The highest BCUT2D eigenvalue weighted by Crippen LogP contribution is 2.19. The van der Waals surface area contributed by atoms with Crippen LogP contribution in [0.25, 0.3) is 0 Å². The number of benzene rings is 2. The van der Waals surface area contributed by atoms with Crippen LogP contribution < -0.4 is 0 Å². The molecule has 0 aliphatic carbocycles. The number of hydrogen-bond acceptors (Lipinski definition) is 2. The van der Waals surface area contributed by atoms with Gasteiger partial charge in [-0.1, -0.05) is 34.1 Å². The zero-order valence-corrected chi connectivity index (χ0v) is 12.7. The van der Waals surface area contributed by atoms with Crippen molar-refractivity contribution in [1.82, 2.24) is 4.90 Å². The van der Waals surface area contributed by atoms with Gasteiger partial charge >= 0.3 is 0 Å². The molecule has 102 valence electrons. The molecule has 4 heteroatoms. The van der Waals surface area contributed by atoms with E-state index in [0.29, 0.717) is 17.7 Å². The summed E-state index contributed by atoms with van der Waals surface area (Å²) in [6.45, 7) is 1.25. The normalized spacial score (nSPS) is 10.6. The van der Waals surface area contributed by atoms with Crippen molar-refractivity contribution in [2.24, 2.45) is 0 Å². The van der Waals surface area contributed by atoms with Gasteiger partial charge in [-0.05, 0) is 42.4 Å². The van der Waals surface area contributed by atoms with Crippen LogP contribution in [0.15, 0.2) is 46.9 Å². The third-order valence-electron chi connectivity index (χ3n) is 3.03. The Morgan fingerprint density at radius 2 is 1.85 bits per heavy atom. The Hall–Kier alpha value is -1.70. The SMILES string of the molecule is CN(Cc1ccccc1Br)Cc1cc(F)ccc1C#N. The van der Waals surface area contributed by atoms with Crippen LogP contribution in [0.1, 0.15) is 16.7 Å². The van der Waals surface area contributed by atoms with Crippen molar-refractivity contribution in [2.45, 2.75) is 13.1 Å². The van der Waals surface area contributed by atoms with E-state index < -0.39 is 0 Å². The van der Waals surface area contributed by atoms with Crippen molar-refractivity contribution in [3.63, 3.8) is 0 Å². The molecule has 0 amide bonds. The third-order valence-corrected chi connectivity index (χ3v) is 3.80. The number of nitriles is 1. The Labute approximate surface area is 126 Å². The van der Waals surface area contributed by atoms with Crippen LogP contribution in [0.2, 0.25) is 0 Å². The molecule has 0 heterocycles. The highest BCUT2D eigenvalue weighted by atomic mass is 79.9. The molecule has 2 aromatic carbocycles. The first-order valence-corrected chi connectivity index (χ1v) is 7.00. The first-order chi connectivity index (χ1) is 9.60. The second-order valence-electron chi connectivity index (χ2n) is 4.68. The maximum absolute atomic E-state index is 13.3. The quantitative estimate of drug-likeness (QED) is 0.843. The molecular formula is C16H14BrFN2. The number of halogens is 2. The standard InChI is InChI=1S/C16H14BrFN2/c1-20(10-13-4-2-3-5-16(13)17)11-14-8-15(18)7-6-12(14)9-19/h2-8H,10-11H2,1H3. The zero-order valence-electron chi connectivity index (χ0n) is 11.1. The lowest BCUT2D eigenvalue weighted by atomic mass is 10.1. The van der Waals surface area contributed by atoms with Crippen molar-refractivity contribution < 1.29 is 4.39 Å². The second-order valence-corrected chi connectivity index (χ2v) is 5.53. The fourth-order valence-corrected chi connectivity index (χ4v) is 2.48. The van der Waals surface area contributed by atoms with Gasteiger partial charge in [-0.3, -0.25) is 4.90 Å². The highest BCUT2D eigenvalue weighted by molar-refractivity contribution is 9.10. The maximum Gasteiger partial charge on any atom is 0.123 e. The Bertz CT molecular complexity index is 649. The van der Waals surface area contributed by atoms with E-state index >= 15 is 0 Å². The third kappa shape index (κ3) is 3.66. The fourth-order valence-electron chi connectivity index (χ4n) is 2.07. The van der Waals surface area contributed by atoms with Crippen LogP contribution in [-0.4, -0.2) is 11.9 Å². The van der Waals surface area contributed by atoms with Gasteiger partial charge in [0.2, 0.25) is 0 Å². The molecule has 0 saturated carbocycles.